The Bertz CT molecular complexity index is 858. The van der Waals surface area contributed by atoms with Crippen molar-refractivity contribution in [3.05, 3.63) is 76.9 Å². The van der Waals surface area contributed by atoms with Crippen LogP contribution < -0.4 is 0 Å². The summed E-state index contributed by atoms with van der Waals surface area (Å²) in [5.41, 5.74) is 7.71. The van der Waals surface area contributed by atoms with E-state index in [-0.39, 0.29) is 0 Å². The number of nitrogens with zero attached hydrogens (tertiary/aromatic N) is 2. The van der Waals surface area contributed by atoms with Gasteiger partial charge in [-0.05, 0) is 48.1 Å². The maximum Gasteiger partial charge on any atom is 0.119 e. The van der Waals surface area contributed by atoms with Gasteiger partial charge in [-0.1, -0.05) is 60.3 Å². The quantitative estimate of drug-likeness (QED) is 0.646. The van der Waals surface area contributed by atoms with E-state index in [2.05, 4.69) is 71.7 Å². The van der Waals surface area contributed by atoms with Crippen molar-refractivity contribution in [1.82, 2.24) is 10.2 Å². The lowest BCUT2D eigenvalue weighted by Crippen LogP contribution is -2.07. The summed E-state index contributed by atoms with van der Waals surface area (Å²) in [6, 6.07) is 19.3. The second-order valence-corrected chi connectivity index (χ2v) is 6.92. The Hall–Kier alpha value is -2.13. The molecule has 0 atom stereocenters. The number of aryl methyl sites for hydroxylation is 3. The molecular formula is C20H18N2S. The molecule has 1 heterocycles. The highest BCUT2D eigenvalue weighted by molar-refractivity contribution is 7.98. The Balaban J connectivity index is 1.58. The molecule has 1 aromatic heterocycles. The SMILES string of the molecule is Cc1ccccc1CSc1cc2c(nn1)-c1ccccc1CC2. The van der Waals surface area contributed by atoms with Gasteiger partial charge in [-0.15, -0.1) is 10.2 Å². The zero-order valence-corrected chi connectivity index (χ0v) is 13.9. The number of hydrogen-bond donors (Lipinski definition) is 0. The molecule has 0 unspecified atom stereocenters. The number of rotatable bonds is 3. The summed E-state index contributed by atoms with van der Waals surface area (Å²) in [5, 5.41) is 9.99. The second kappa shape index (κ2) is 6.17. The summed E-state index contributed by atoms with van der Waals surface area (Å²) in [6.45, 7) is 2.16. The van der Waals surface area contributed by atoms with E-state index < -0.39 is 0 Å². The molecule has 0 aliphatic heterocycles. The van der Waals surface area contributed by atoms with Crippen LogP contribution >= 0.6 is 11.8 Å². The van der Waals surface area contributed by atoms with Crippen LogP contribution in [0.4, 0.5) is 0 Å². The molecule has 0 saturated carbocycles. The number of aromatic nitrogens is 2. The number of benzene rings is 2. The molecule has 1 aliphatic rings. The van der Waals surface area contributed by atoms with Gasteiger partial charge in [-0.2, -0.15) is 0 Å². The zero-order valence-electron chi connectivity index (χ0n) is 13.1. The van der Waals surface area contributed by atoms with Crippen LogP contribution in [0.15, 0.2) is 59.6 Å². The fourth-order valence-corrected chi connectivity index (χ4v) is 4.01. The topological polar surface area (TPSA) is 25.8 Å². The van der Waals surface area contributed by atoms with Crippen molar-refractivity contribution >= 4 is 11.8 Å². The Morgan fingerprint density at radius 2 is 1.70 bits per heavy atom. The normalized spacial score (nSPS) is 12.6. The van der Waals surface area contributed by atoms with Gasteiger partial charge in [-0.25, -0.2) is 0 Å². The number of thioether (sulfide) groups is 1. The monoisotopic (exact) mass is 318 g/mol. The van der Waals surface area contributed by atoms with Gasteiger partial charge in [-0.3, -0.25) is 0 Å². The molecule has 0 bridgehead atoms. The lowest BCUT2D eigenvalue weighted by Gasteiger charge is -2.18. The standard InChI is InChI=1S/C20H18N2S/c1-14-6-2-3-8-17(14)13-23-19-12-16-11-10-15-7-4-5-9-18(15)20(16)22-21-19/h2-9,12H,10-11,13H2,1H3. The predicted molar refractivity (Wildman–Crippen MR) is 95.6 cm³/mol. The lowest BCUT2D eigenvalue weighted by molar-refractivity contribution is 0.855. The van der Waals surface area contributed by atoms with E-state index in [9.17, 15) is 0 Å². The van der Waals surface area contributed by atoms with Crippen molar-refractivity contribution in [3.63, 3.8) is 0 Å². The van der Waals surface area contributed by atoms with Gasteiger partial charge in [0.1, 0.15) is 5.03 Å². The van der Waals surface area contributed by atoms with Crippen LogP contribution in [-0.2, 0) is 18.6 Å². The van der Waals surface area contributed by atoms with E-state index in [0.717, 1.165) is 29.3 Å². The molecule has 23 heavy (non-hydrogen) atoms. The minimum absolute atomic E-state index is 0.941. The summed E-state index contributed by atoms with van der Waals surface area (Å²) in [4.78, 5) is 0. The zero-order chi connectivity index (χ0) is 15.6. The van der Waals surface area contributed by atoms with Crippen LogP contribution in [0.3, 0.4) is 0 Å². The molecule has 1 aliphatic carbocycles. The summed E-state index contributed by atoms with van der Waals surface area (Å²) in [5.74, 6) is 0.941. The summed E-state index contributed by atoms with van der Waals surface area (Å²) in [6.07, 6.45) is 2.15. The maximum atomic E-state index is 4.52. The summed E-state index contributed by atoms with van der Waals surface area (Å²) < 4.78 is 0. The average molecular weight is 318 g/mol. The molecule has 3 aromatic rings. The minimum atomic E-state index is 0.941. The Kier molecular flexibility index (Phi) is 3.88. The molecular weight excluding hydrogens is 300 g/mol. The highest BCUT2D eigenvalue weighted by Crippen LogP contribution is 2.33. The third-order valence-electron chi connectivity index (χ3n) is 4.42. The smallest absolute Gasteiger partial charge is 0.119 e. The first-order chi connectivity index (χ1) is 11.3. The van der Waals surface area contributed by atoms with E-state index >= 15 is 0 Å². The molecule has 2 aromatic carbocycles. The van der Waals surface area contributed by atoms with Crippen LogP contribution in [0.25, 0.3) is 11.3 Å². The van der Waals surface area contributed by atoms with Crippen LogP contribution in [-0.4, -0.2) is 10.2 Å². The fourth-order valence-electron chi connectivity index (χ4n) is 3.06. The van der Waals surface area contributed by atoms with Crippen molar-refractivity contribution < 1.29 is 0 Å². The van der Waals surface area contributed by atoms with Crippen molar-refractivity contribution in [2.24, 2.45) is 0 Å². The third kappa shape index (κ3) is 2.89. The second-order valence-electron chi connectivity index (χ2n) is 5.93. The van der Waals surface area contributed by atoms with E-state index in [1.807, 2.05) is 0 Å². The van der Waals surface area contributed by atoms with Crippen molar-refractivity contribution in [1.29, 1.82) is 0 Å². The van der Waals surface area contributed by atoms with Crippen LogP contribution in [0, 0.1) is 6.92 Å². The van der Waals surface area contributed by atoms with Crippen molar-refractivity contribution in [3.8, 4) is 11.3 Å². The lowest BCUT2D eigenvalue weighted by atomic mass is 9.90. The first-order valence-corrected chi connectivity index (χ1v) is 8.92. The fraction of sp³-hybridized carbons (Fsp3) is 0.200. The Morgan fingerprint density at radius 1 is 0.913 bits per heavy atom. The summed E-state index contributed by atoms with van der Waals surface area (Å²) in [7, 11) is 0. The average Bonchev–Trinajstić information content (AvgIpc) is 2.60. The minimum Gasteiger partial charge on any atom is -0.149 e. The van der Waals surface area contributed by atoms with Gasteiger partial charge in [0.05, 0.1) is 5.69 Å². The van der Waals surface area contributed by atoms with Crippen LogP contribution in [0.5, 0.6) is 0 Å². The van der Waals surface area contributed by atoms with Gasteiger partial charge in [0.2, 0.25) is 0 Å². The molecule has 4 rings (SSSR count). The first kappa shape index (κ1) is 14.5. The van der Waals surface area contributed by atoms with Gasteiger partial charge < -0.3 is 0 Å². The molecule has 2 nitrogen and oxygen atoms in total. The predicted octanol–water partition coefficient (Wildman–Crippen LogP) is 4.84. The van der Waals surface area contributed by atoms with Crippen molar-refractivity contribution in [2.45, 2.75) is 30.5 Å². The Labute approximate surface area is 141 Å². The van der Waals surface area contributed by atoms with E-state index in [4.69, 9.17) is 0 Å². The highest BCUT2D eigenvalue weighted by Gasteiger charge is 2.18. The van der Waals surface area contributed by atoms with E-state index in [1.54, 1.807) is 11.8 Å². The molecule has 0 radical (unpaired) electrons. The first-order valence-electron chi connectivity index (χ1n) is 7.93. The van der Waals surface area contributed by atoms with Gasteiger partial charge in [0.15, 0.2) is 0 Å². The van der Waals surface area contributed by atoms with E-state index in [1.165, 1.54) is 27.8 Å². The third-order valence-corrected chi connectivity index (χ3v) is 5.37. The van der Waals surface area contributed by atoms with Crippen LogP contribution in [0.2, 0.25) is 0 Å². The highest BCUT2D eigenvalue weighted by atomic mass is 32.2. The van der Waals surface area contributed by atoms with Gasteiger partial charge in [0.25, 0.3) is 0 Å². The largest absolute Gasteiger partial charge is 0.149 e. The number of fused-ring (bicyclic) bond motifs is 3. The van der Waals surface area contributed by atoms with E-state index in [0.29, 0.717) is 0 Å². The van der Waals surface area contributed by atoms with Crippen molar-refractivity contribution in [2.75, 3.05) is 0 Å². The van der Waals surface area contributed by atoms with Gasteiger partial charge >= 0.3 is 0 Å². The molecule has 0 saturated heterocycles. The maximum absolute atomic E-state index is 4.52. The summed E-state index contributed by atoms with van der Waals surface area (Å²) >= 11 is 1.77. The molecule has 0 spiro atoms. The molecule has 0 fully saturated rings. The Morgan fingerprint density at radius 3 is 2.61 bits per heavy atom. The van der Waals surface area contributed by atoms with Crippen LogP contribution in [0.1, 0.15) is 22.3 Å². The molecule has 114 valence electrons. The molecule has 0 N–H and O–H groups in total. The number of hydrogen-bond acceptors (Lipinski definition) is 3. The molecule has 3 heteroatoms. The molecule has 0 amide bonds. The van der Waals surface area contributed by atoms with Gasteiger partial charge in [0, 0.05) is 11.3 Å².